The van der Waals surface area contributed by atoms with Crippen molar-refractivity contribution in [1.29, 1.82) is 0 Å². The van der Waals surface area contributed by atoms with Gasteiger partial charge in [-0.3, -0.25) is 9.59 Å². The van der Waals surface area contributed by atoms with Gasteiger partial charge in [-0.15, -0.1) is 0 Å². The van der Waals surface area contributed by atoms with Crippen LogP contribution in [0.2, 0.25) is 0 Å². The zero-order valence-corrected chi connectivity index (χ0v) is 9.90. The van der Waals surface area contributed by atoms with Crippen LogP contribution in [0.3, 0.4) is 0 Å². The minimum absolute atomic E-state index is 0.116. The number of benzene rings is 1. The minimum atomic E-state index is -0.515. The Morgan fingerprint density at radius 2 is 2.17 bits per heavy atom. The van der Waals surface area contributed by atoms with Crippen molar-refractivity contribution in [3.8, 4) is 5.75 Å². The Morgan fingerprint density at radius 1 is 1.39 bits per heavy atom. The highest BCUT2D eigenvalue weighted by atomic mass is 19.1. The topological polar surface area (TPSA) is 58.6 Å². The van der Waals surface area contributed by atoms with Crippen molar-refractivity contribution in [2.45, 2.75) is 6.42 Å². The normalized spacial score (nSPS) is 16.2. The summed E-state index contributed by atoms with van der Waals surface area (Å²) in [7, 11) is 1.46. The van der Waals surface area contributed by atoms with Gasteiger partial charge in [0.2, 0.25) is 11.8 Å². The first-order valence-corrected chi connectivity index (χ1v) is 5.52. The van der Waals surface area contributed by atoms with Crippen LogP contribution in [0.1, 0.15) is 6.42 Å². The molecule has 0 radical (unpaired) electrons. The second-order valence-electron chi connectivity index (χ2n) is 3.89. The number of amides is 2. The number of rotatable bonds is 2. The summed E-state index contributed by atoms with van der Waals surface area (Å²) >= 11 is 0. The van der Waals surface area contributed by atoms with E-state index in [2.05, 4.69) is 5.32 Å². The molecule has 96 valence electrons. The third-order valence-corrected chi connectivity index (χ3v) is 2.74. The SMILES string of the molecule is COc1ccc(F)c(N2CCC(=O)NCC2=O)c1. The van der Waals surface area contributed by atoms with E-state index in [1.807, 2.05) is 0 Å². The summed E-state index contributed by atoms with van der Waals surface area (Å²) in [6, 6.07) is 4.16. The van der Waals surface area contributed by atoms with Crippen molar-refractivity contribution < 1.29 is 18.7 Å². The van der Waals surface area contributed by atoms with Crippen molar-refractivity contribution >= 4 is 17.5 Å². The highest BCUT2D eigenvalue weighted by molar-refractivity contribution is 5.99. The largest absolute Gasteiger partial charge is 0.497 e. The maximum Gasteiger partial charge on any atom is 0.246 e. The summed E-state index contributed by atoms with van der Waals surface area (Å²) < 4.78 is 18.7. The first kappa shape index (κ1) is 12.3. The monoisotopic (exact) mass is 252 g/mol. The summed E-state index contributed by atoms with van der Waals surface area (Å²) in [5.41, 5.74) is 0.135. The Bertz CT molecular complexity index is 490. The quantitative estimate of drug-likeness (QED) is 0.842. The Morgan fingerprint density at radius 3 is 2.89 bits per heavy atom. The first-order chi connectivity index (χ1) is 8.61. The van der Waals surface area contributed by atoms with Gasteiger partial charge in [-0.2, -0.15) is 0 Å². The van der Waals surface area contributed by atoms with Gasteiger partial charge in [0, 0.05) is 19.0 Å². The van der Waals surface area contributed by atoms with Crippen LogP contribution >= 0.6 is 0 Å². The molecule has 0 saturated carbocycles. The predicted molar refractivity (Wildman–Crippen MR) is 62.9 cm³/mol. The first-order valence-electron chi connectivity index (χ1n) is 5.52. The standard InChI is InChI=1S/C12H13FN2O3/c1-18-8-2-3-9(13)10(6-8)15-5-4-11(16)14-7-12(15)17/h2-3,6H,4-5,7H2,1H3,(H,14,16). The Hall–Kier alpha value is -2.11. The van der Waals surface area contributed by atoms with E-state index in [0.29, 0.717) is 5.75 Å². The van der Waals surface area contributed by atoms with Crippen molar-refractivity contribution in [1.82, 2.24) is 5.32 Å². The molecular formula is C12H13FN2O3. The molecule has 1 fully saturated rings. The number of hydrogen-bond acceptors (Lipinski definition) is 3. The Balaban J connectivity index is 2.34. The third-order valence-electron chi connectivity index (χ3n) is 2.74. The smallest absolute Gasteiger partial charge is 0.246 e. The lowest BCUT2D eigenvalue weighted by molar-refractivity contribution is -0.123. The number of carbonyl (C=O) groups is 2. The van der Waals surface area contributed by atoms with E-state index >= 15 is 0 Å². The number of hydrogen-bond donors (Lipinski definition) is 1. The van der Waals surface area contributed by atoms with Crippen LogP contribution in [0, 0.1) is 5.82 Å². The fourth-order valence-electron chi connectivity index (χ4n) is 1.78. The van der Waals surface area contributed by atoms with Crippen LogP contribution in [-0.4, -0.2) is 32.0 Å². The second kappa shape index (κ2) is 5.03. The number of methoxy groups -OCH3 is 1. The van der Waals surface area contributed by atoms with E-state index in [1.165, 1.54) is 30.2 Å². The van der Waals surface area contributed by atoms with Crippen LogP contribution in [-0.2, 0) is 9.59 Å². The Labute approximate surface area is 104 Å². The van der Waals surface area contributed by atoms with E-state index in [0.717, 1.165) is 0 Å². The maximum atomic E-state index is 13.7. The summed E-state index contributed by atoms with van der Waals surface area (Å²) in [5, 5.41) is 2.46. The molecule has 0 spiro atoms. The molecule has 6 heteroatoms. The van der Waals surface area contributed by atoms with Crippen molar-refractivity contribution in [3.63, 3.8) is 0 Å². The van der Waals surface area contributed by atoms with E-state index < -0.39 is 5.82 Å². The highest BCUT2D eigenvalue weighted by Gasteiger charge is 2.24. The molecule has 1 heterocycles. The molecule has 2 amide bonds. The van der Waals surface area contributed by atoms with Gasteiger partial charge in [-0.1, -0.05) is 0 Å². The van der Waals surface area contributed by atoms with Crippen LogP contribution in [0.25, 0.3) is 0 Å². The molecule has 1 saturated heterocycles. The molecule has 1 aliphatic rings. The number of ether oxygens (including phenoxy) is 1. The zero-order valence-electron chi connectivity index (χ0n) is 9.90. The molecule has 1 aromatic carbocycles. The van der Waals surface area contributed by atoms with Gasteiger partial charge < -0.3 is 15.0 Å². The van der Waals surface area contributed by atoms with Crippen molar-refractivity contribution in [2.75, 3.05) is 25.1 Å². The molecule has 0 aliphatic carbocycles. The van der Waals surface area contributed by atoms with Gasteiger partial charge in [0.1, 0.15) is 11.6 Å². The molecule has 1 N–H and O–H groups in total. The number of nitrogens with one attached hydrogen (secondary N) is 1. The molecule has 0 aromatic heterocycles. The van der Waals surface area contributed by atoms with Crippen molar-refractivity contribution in [3.05, 3.63) is 24.0 Å². The molecule has 2 rings (SSSR count). The Kier molecular flexibility index (Phi) is 3.45. The average molecular weight is 252 g/mol. The van der Waals surface area contributed by atoms with Crippen LogP contribution in [0.4, 0.5) is 10.1 Å². The highest BCUT2D eigenvalue weighted by Crippen LogP contribution is 2.25. The van der Waals surface area contributed by atoms with Crippen LogP contribution < -0.4 is 15.0 Å². The molecular weight excluding hydrogens is 239 g/mol. The molecule has 0 bridgehead atoms. The van der Waals surface area contributed by atoms with Gasteiger partial charge in [0.05, 0.1) is 19.3 Å². The minimum Gasteiger partial charge on any atom is -0.497 e. The lowest BCUT2D eigenvalue weighted by Crippen LogP contribution is -2.35. The number of nitrogens with zero attached hydrogens (tertiary/aromatic N) is 1. The fourth-order valence-corrected chi connectivity index (χ4v) is 1.78. The van der Waals surface area contributed by atoms with Gasteiger partial charge in [0.15, 0.2) is 0 Å². The van der Waals surface area contributed by atoms with Gasteiger partial charge in [-0.05, 0) is 12.1 Å². The maximum absolute atomic E-state index is 13.7. The molecule has 0 atom stereocenters. The second-order valence-corrected chi connectivity index (χ2v) is 3.89. The number of anilines is 1. The molecule has 5 nitrogen and oxygen atoms in total. The van der Waals surface area contributed by atoms with Crippen molar-refractivity contribution in [2.24, 2.45) is 0 Å². The van der Waals surface area contributed by atoms with E-state index in [-0.39, 0.29) is 37.0 Å². The average Bonchev–Trinajstić information content (AvgIpc) is 2.53. The van der Waals surface area contributed by atoms with Gasteiger partial charge in [-0.25, -0.2) is 4.39 Å². The van der Waals surface area contributed by atoms with E-state index in [1.54, 1.807) is 0 Å². The molecule has 18 heavy (non-hydrogen) atoms. The van der Waals surface area contributed by atoms with Crippen LogP contribution in [0.15, 0.2) is 18.2 Å². The summed E-state index contributed by atoms with van der Waals surface area (Å²) in [6.45, 7) is 0.0459. The summed E-state index contributed by atoms with van der Waals surface area (Å²) in [6.07, 6.45) is 0.155. The number of halogens is 1. The lowest BCUT2D eigenvalue weighted by Gasteiger charge is -2.20. The van der Waals surface area contributed by atoms with Gasteiger partial charge in [0.25, 0.3) is 0 Å². The van der Waals surface area contributed by atoms with E-state index in [9.17, 15) is 14.0 Å². The number of carbonyl (C=O) groups excluding carboxylic acids is 2. The molecule has 1 aromatic rings. The fraction of sp³-hybridized carbons (Fsp3) is 0.333. The summed E-state index contributed by atoms with van der Waals surface area (Å²) in [5.74, 6) is -0.608. The molecule has 0 unspecified atom stereocenters. The zero-order chi connectivity index (χ0) is 13.1. The van der Waals surface area contributed by atoms with Crippen LogP contribution in [0.5, 0.6) is 5.75 Å². The third kappa shape index (κ3) is 2.42. The van der Waals surface area contributed by atoms with Gasteiger partial charge >= 0.3 is 0 Å². The lowest BCUT2D eigenvalue weighted by atomic mass is 10.2. The molecule has 1 aliphatic heterocycles. The summed E-state index contributed by atoms with van der Waals surface area (Å²) in [4.78, 5) is 24.3. The van der Waals surface area contributed by atoms with E-state index in [4.69, 9.17) is 4.74 Å². The predicted octanol–water partition coefficient (Wildman–Crippen LogP) is 0.687.